The molecule has 3 rings (SSSR count). The largest absolute Gasteiger partial charge is 0.400 e. The molecule has 0 aliphatic rings. The van der Waals surface area contributed by atoms with E-state index in [-0.39, 0.29) is 7.43 Å². The molecule has 2 N–H and O–H groups in total. The van der Waals surface area contributed by atoms with Crippen molar-refractivity contribution in [2.24, 2.45) is 0 Å². The molecule has 0 spiro atoms. The summed E-state index contributed by atoms with van der Waals surface area (Å²) in [6.45, 7) is 20.0. The zero-order valence-electron chi connectivity index (χ0n) is 23.3. The molecule has 0 saturated carbocycles. The van der Waals surface area contributed by atoms with E-state index in [9.17, 15) is 0 Å². The number of hydrogen-bond acceptors (Lipinski definition) is 2. The quantitative estimate of drug-likeness (QED) is 0.347. The van der Waals surface area contributed by atoms with Crippen LogP contribution in [0, 0.1) is 0 Å². The molecule has 33 heavy (non-hydrogen) atoms. The number of benzene rings is 3. The summed E-state index contributed by atoms with van der Waals surface area (Å²) < 4.78 is 0. The van der Waals surface area contributed by atoms with Gasteiger partial charge in [-0.15, -0.1) is 0 Å². The van der Waals surface area contributed by atoms with E-state index >= 15 is 0 Å². The molecule has 0 amide bonds. The SMILES string of the molecule is C.CC.CC.CC.CC.CC.CO.CO.c1ccccc1.c1ccccc1.c1ccccc1. The van der Waals surface area contributed by atoms with Crippen LogP contribution in [0.1, 0.15) is 76.7 Å². The van der Waals surface area contributed by atoms with Crippen LogP contribution in [0.15, 0.2) is 109 Å². The van der Waals surface area contributed by atoms with Crippen LogP contribution in [-0.4, -0.2) is 24.4 Å². The summed E-state index contributed by atoms with van der Waals surface area (Å²) in [5.74, 6) is 0. The zero-order valence-corrected chi connectivity index (χ0v) is 23.3. The van der Waals surface area contributed by atoms with E-state index < -0.39 is 0 Å². The van der Waals surface area contributed by atoms with Crippen molar-refractivity contribution in [3.05, 3.63) is 109 Å². The molecule has 196 valence electrons. The molecular formula is C31H60O2. The summed E-state index contributed by atoms with van der Waals surface area (Å²) in [5.41, 5.74) is 0. The van der Waals surface area contributed by atoms with Crippen molar-refractivity contribution in [2.45, 2.75) is 76.7 Å². The third kappa shape index (κ3) is 92.7. The Morgan fingerprint density at radius 2 is 0.242 bits per heavy atom. The van der Waals surface area contributed by atoms with Gasteiger partial charge in [0.1, 0.15) is 0 Å². The highest BCUT2D eigenvalue weighted by molar-refractivity contribution is 5.00. The topological polar surface area (TPSA) is 40.5 Å². The summed E-state index contributed by atoms with van der Waals surface area (Å²) in [5, 5.41) is 14.0. The van der Waals surface area contributed by atoms with E-state index in [1.165, 1.54) is 0 Å². The molecule has 2 nitrogen and oxygen atoms in total. The fourth-order valence-electron chi connectivity index (χ4n) is 1.15. The van der Waals surface area contributed by atoms with Crippen LogP contribution in [0.5, 0.6) is 0 Å². The Kier molecular flexibility index (Phi) is 158. The smallest absolute Gasteiger partial charge is 0.0319 e. The average Bonchev–Trinajstić information content (AvgIpc) is 3.00. The van der Waals surface area contributed by atoms with Crippen molar-refractivity contribution in [3.63, 3.8) is 0 Å². The van der Waals surface area contributed by atoms with E-state index in [1.807, 2.05) is 178 Å². The minimum Gasteiger partial charge on any atom is -0.400 e. The summed E-state index contributed by atoms with van der Waals surface area (Å²) in [6, 6.07) is 36.0. The highest BCUT2D eigenvalue weighted by Gasteiger charge is 1.59. The summed E-state index contributed by atoms with van der Waals surface area (Å²) in [4.78, 5) is 0. The molecular weight excluding hydrogens is 404 g/mol. The van der Waals surface area contributed by atoms with E-state index in [1.54, 1.807) is 0 Å². The maximum atomic E-state index is 7.00. The normalized spacial score (nSPS) is 5.64. The molecule has 0 aromatic heterocycles. The van der Waals surface area contributed by atoms with Gasteiger partial charge in [-0.1, -0.05) is 186 Å². The summed E-state index contributed by atoms with van der Waals surface area (Å²) >= 11 is 0. The molecule has 0 saturated heterocycles. The zero-order chi connectivity index (χ0) is 26.7. The van der Waals surface area contributed by atoms with E-state index in [0.717, 1.165) is 14.2 Å². The number of hydrogen-bond donors (Lipinski definition) is 2. The Morgan fingerprint density at radius 3 is 0.273 bits per heavy atom. The fraction of sp³-hybridized carbons (Fsp3) is 0.419. The molecule has 0 unspecified atom stereocenters. The molecule has 0 heterocycles. The Bertz CT molecular complexity index is 302. The molecule has 0 fully saturated rings. The molecule has 3 aromatic rings. The lowest BCUT2D eigenvalue weighted by Gasteiger charge is -1.69. The van der Waals surface area contributed by atoms with Gasteiger partial charge in [-0.05, 0) is 0 Å². The monoisotopic (exact) mass is 464 g/mol. The Hall–Kier alpha value is -2.42. The molecule has 0 radical (unpaired) electrons. The molecule has 0 atom stereocenters. The third-order valence-corrected chi connectivity index (χ3v) is 2.00. The predicted molar refractivity (Wildman–Crippen MR) is 159 cm³/mol. The Morgan fingerprint density at radius 1 is 0.212 bits per heavy atom. The van der Waals surface area contributed by atoms with Gasteiger partial charge in [-0.25, -0.2) is 0 Å². The minimum atomic E-state index is 0. The van der Waals surface area contributed by atoms with Crippen molar-refractivity contribution < 1.29 is 10.2 Å². The molecule has 3 aromatic carbocycles. The molecule has 0 bridgehead atoms. The lowest BCUT2D eigenvalue weighted by Crippen LogP contribution is -1.47. The van der Waals surface area contributed by atoms with Crippen LogP contribution >= 0.6 is 0 Å². The first-order chi connectivity index (χ1) is 16.0. The van der Waals surface area contributed by atoms with Crippen LogP contribution in [0.3, 0.4) is 0 Å². The van der Waals surface area contributed by atoms with Gasteiger partial charge in [0, 0.05) is 14.2 Å². The lowest BCUT2D eigenvalue weighted by atomic mass is 10.4. The number of rotatable bonds is 0. The van der Waals surface area contributed by atoms with Crippen molar-refractivity contribution in [2.75, 3.05) is 14.2 Å². The predicted octanol–water partition coefficient (Wildman–Crippen LogP) is 10.0. The summed E-state index contributed by atoms with van der Waals surface area (Å²) in [7, 11) is 2.00. The Labute approximate surface area is 210 Å². The van der Waals surface area contributed by atoms with Crippen molar-refractivity contribution in [3.8, 4) is 0 Å². The van der Waals surface area contributed by atoms with Crippen LogP contribution in [0.25, 0.3) is 0 Å². The highest BCUT2D eigenvalue weighted by atomic mass is 16.2. The number of aliphatic hydroxyl groups is 2. The average molecular weight is 465 g/mol. The van der Waals surface area contributed by atoms with Crippen molar-refractivity contribution in [1.29, 1.82) is 0 Å². The standard InChI is InChI=1S/3C6H6.5C2H6.2CH4O.CH4/c3*1-2-4-6-5-3-1;7*1-2;/h3*1-6H;5*1-2H3;2*2H,1H3;1H4. The lowest BCUT2D eigenvalue weighted by molar-refractivity contribution is 0.399. The second-order valence-electron chi connectivity index (χ2n) is 3.46. The first kappa shape index (κ1) is 52.5. The van der Waals surface area contributed by atoms with Crippen molar-refractivity contribution in [1.82, 2.24) is 0 Å². The van der Waals surface area contributed by atoms with Crippen LogP contribution in [0.4, 0.5) is 0 Å². The van der Waals surface area contributed by atoms with E-state index in [2.05, 4.69) is 0 Å². The van der Waals surface area contributed by atoms with Crippen LogP contribution < -0.4 is 0 Å². The first-order valence-electron chi connectivity index (χ1n) is 11.9. The third-order valence-electron chi connectivity index (χ3n) is 2.00. The second kappa shape index (κ2) is 99.5. The van der Waals surface area contributed by atoms with E-state index in [0.29, 0.717) is 0 Å². The highest BCUT2D eigenvalue weighted by Crippen LogP contribution is 1.81. The maximum Gasteiger partial charge on any atom is 0.0319 e. The molecule has 0 aliphatic carbocycles. The van der Waals surface area contributed by atoms with Gasteiger partial charge in [-0.3, -0.25) is 0 Å². The van der Waals surface area contributed by atoms with Gasteiger partial charge in [0.2, 0.25) is 0 Å². The maximum absolute atomic E-state index is 7.00. The van der Waals surface area contributed by atoms with Gasteiger partial charge in [0.05, 0.1) is 0 Å². The van der Waals surface area contributed by atoms with E-state index in [4.69, 9.17) is 10.2 Å². The fourth-order valence-corrected chi connectivity index (χ4v) is 1.15. The minimum absolute atomic E-state index is 0. The van der Waals surface area contributed by atoms with Crippen molar-refractivity contribution >= 4 is 0 Å². The number of aliphatic hydroxyl groups excluding tert-OH is 2. The van der Waals surface area contributed by atoms with Gasteiger partial charge in [0.25, 0.3) is 0 Å². The first-order valence-corrected chi connectivity index (χ1v) is 11.9. The summed E-state index contributed by atoms with van der Waals surface area (Å²) in [6.07, 6.45) is 0. The molecule has 2 heteroatoms. The molecule has 0 aliphatic heterocycles. The van der Waals surface area contributed by atoms with Gasteiger partial charge < -0.3 is 10.2 Å². The van der Waals surface area contributed by atoms with Crippen LogP contribution in [0.2, 0.25) is 0 Å². The van der Waals surface area contributed by atoms with Gasteiger partial charge >= 0.3 is 0 Å². The van der Waals surface area contributed by atoms with Crippen LogP contribution in [-0.2, 0) is 0 Å². The second-order valence-corrected chi connectivity index (χ2v) is 3.46. The Balaban J connectivity index is -0.0000000372. The van der Waals surface area contributed by atoms with Gasteiger partial charge in [0.15, 0.2) is 0 Å². The van der Waals surface area contributed by atoms with Gasteiger partial charge in [-0.2, -0.15) is 0 Å².